The third-order valence-corrected chi connectivity index (χ3v) is 6.50. The van der Waals surface area contributed by atoms with Gasteiger partial charge in [-0.2, -0.15) is 0 Å². The Morgan fingerprint density at radius 2 is 1.92 bits per heavy atom. The zero-order chi connectivity index (χ0) is 18.1. The van der Waals surface area contributed by atoms with Crippen molar-refractivity contribution in [1.29, 1.82) is 0 Å². The molecule has 1 fully saturated rings. The van der Waals surface area contributed by atoms with E-state index in [0.29, 0.717) is 22.7 Å². The average molecular weight is 369 g/mol. The number of hydrogen-bond donors (Lipinski definition) is 0. The molecule has 0 saturated heterocycles. The lowest BCUT2D eigenvalue weighted by Crippen LogP contribution is -2.30. The summed E-state index contributed by atoms with van der Waals surface area (Å²) in [5.41, 5.74) is -0.316. The molecule has 4 rings (SSSR count). The molecule has 2 aromatic heterocycles. The summed E-state index contributed by atoms with van der Waals surface area (Å²) in [7, 11) is 0. The zero-order valence-corrected chi connectivity index (χ0v) is 16.0. The minimum absolute atomic E-state index is 0.143. The maximum atomic E-state index is 13.3. The molecule has 2 heterocycles. The molecule has 0 amide bonds. The predicted octanol–water partition coefficient (Wildman–Crippen LogP) is 4.82. The third kappa shape index (κ3) is 2.98. The highest BCUT2D eigenvalue weighted by Gasteiger charge is 2.23. The molecule has 0 bridgehead atoms. The van der Waals surface area contributed by atoms with Crippen LogP contribution in [-0.4, -0.2) is 9.55 Å². The SMILES string of the molecule is CCCCn1c(C2CCCCC2)nc2sc3ccccc3c(=O)c2c1=O. The Hall–Kier alpha value is -2.01. The van der Waals surface area contributed by atoms with E-state index >= 15 is 0 Å². The van der Waals surface area contributed by atoms with Gasteiger partial charge in [-0.05, 0) is 31.4 Å². The Kier molecular flexibility index (Phi) is 4.90. The van der Waals surface area contributed by atoms with Crippen molar-refractivity contribution in [2.75, 3.05) is 0 Å². The molecule has 0 N–H and O–H groups in total. The van der Waals surface area contributed by atoms with Crippen molar-refractivity contribution in [3.63, 3.8) is 0 Å². The molecule has 1 aliphatic rings. The van der Waals surface area contributed by atoms with E-state index in [4.69, 9.17) is 4.98 Å². The number of aromatic nitrogens is 2. The lowest BCUT2D eigenvalue weighted by atomic mass is 9.88. The van der Waals surface area contributed by atoms with Gasteiger partial charge in [0.05, 0.1) is 0 Å². The third-order valence-electron chi connectivity index (χ3n) is 5.44. The summed E-state index contributed by atoms with van der Waals surface area (Å²) in [4.78, 5) is 31.8. The number of fused-ring (bicyclic) bond motifs is 2. The van der Waals surface area contributed by atoms with Crippen LogP contribution in [0.3, 0.4) is 0 Å². The molecule has 1 saturated carbocycles. The first-order valence-electron chi connectivity index (χ1n) is 9.67. The van der Waals surface area contributed by atoms with Crippen LogP contribution in [0.25, 0.3) is 20.3 Å². The number of benzene rings is 1. The molecule has 26 heavy (non-hydrogen) atoms. The summed E-state index contributed by atoms with van der Waals surface area (Å²) in [5.74, 6) is 1.24. The van der Waals surface area contributed by atoms with Crippen molar-refractivity contribution < 1.29 is 0 Å². The van der Waals surface area contributed by atoms with Gasteiger partial charge in [0.2, 0.25) is 5.43 Å². The van der Waals surface area contributed by atoms with Crippen LogP contribution in [0.4, 0.5) is 0 Å². The summed E-state index contributed by atoms with van der Waals surface area (Å²) in [6.07, 6.45) is 7.78. The quantitative estimate of drug-likeness (QED) is 0.621. The smallest absolute Gasteiger partial charge is 0.266 e. The molecular weight excluding hydrogens is 344 g/mol. The van der Waals surface area contributed by atoms with Crippen molar-refractivity contribution in [3.05, 3.63) is 50.7 Å². The number of unbranched alkanes of at least 4 members (excludes halogenated alkanes) is 1. The van der Waals surface area contributed by atoms with E-state index in [1.807, 2.05) is 22.8 Å². The molecule has 4 nitrogen and oxygen atoms in total. The average Bonchev–Trinajstić information content (AvgIpc) is 2.68. The zero-order valence-electron chi connectivity index (χ0n) is 15.2. The highest BCUT2D eigenvalue weighted by Crippen LogP contribution is 2.32. The van der Waals surface area contributed by atoms with Gasteiger partial charge in [-0.15, -0.1) is 11.3 Å². The largest absolute Gasteiger partial charge is 0.296 e. The molecule has 1 aliphatic carbocycles. The Morgan fingerprint density at radius 3 is 2.69 bits per heavy atom. The monoisotopic (exact) mass is 368 g/mol. The Labute approximate surface area is 156 Å². The first-order chi connectivity index (χ1) is 12.7. The van der Waals surface area contributed by atoms with Gasteiger partial charge in [0.1, 0.15) is 16.0 Å². The molecule has 0 radical (unpaired) electrons. The number of rotatable bonds is 4. The van der Waals surface area contributed by atoms with E-state index < -0.39 is 0 Å². The van der Waals surface area contributed by atoms with Gasteiger partial charge in [-0.3, -0.25) is 14.2 Å². The van der Waals surface area contributed by atoms with Crippen molar-refractivity contribution >= 4 is 31.6 Å². The van der Waals surface area contributed by atoms with E-state index in [2.05, 4.69) is 6.92 Å². The second kappa shape index (κ2) is 7.31. The topological polar surface area (TPSA) is 52.0 Å². The van der Waals surface area contributed by atoms with E-state index in [0.717, 1.165) is 36.2 Å². The summed E-state index contributed by atoms with van der Waals surface area (Å²) >= 11 is 1.47. The lowest BCUT2D eigenvalue weighted by Gasteiger charge is -2.24. The number of hydrogen-bond acceptors (Lipinski definition) is 4. The minimum Gasteiger partial charge on any atom is -0.296 e. The first kappa shape index (κ1) is 17.4. The van der Waals surface area contributed by atoms with E-state index in [1.165, 1.54) is 30.6 Å². The fourth-order valence-corrected chi connectivity index (χ4v) is 5.05. The van der Waals surface area contributed by atoms with Crippen LogP contribution >= 0.6 is 11.3 Å². The molecule has 0 unspecified atom stereocenters. The molecular formula is C21H24N2O2S. The van der Waals surface area contributed by atoms with Crippen molar-refractivity contribution in [3.8, 4) is 0 Å². The summed E-state index contributed by atoms with van der Waals surface area (Å²) in [5, 5.41) is 0.890. The second-order valence-corrected chi connectivity index (χ2v) is 8.25. The van der Waals surface area contributed by atoms with Crippen molar-refractivity contribution in [2.24, 2.45) is 0 Å². The Bertz CT molecular complexity index is 1060. The number of nitrogens with zero attached hydrogens (tertiary/aromatic N) is 2. The highest BCUT2D eigenvalue weighted by molar-refractivity contribution is 7.24. The molecule has 1 aromatic carbocycles. The standard InChI is InChI=1S/C21H24N2O2S/c1-2-3-13-23-19(14-9-5-4-6-10-14)22-20-17(21(23)25)18(24)15-11-7-8-12-16(15)26-20/h7-8,11-12,14H,2-6,9-10,13H2,1H3. The summed E-state index contributed by atoms with van der Waals surface area (Å²) in [6.45, 7) is 2.77. The Balaban J connectivity index is 2.01. The second-order valence-electron chi connectivity index (χ2n) is 7.22. The van der Waals surface area contributed by atoms with Crippen molar-refractivity contribution in [2.45, 2.75) is 64.3 Å². The van der Waals surface area contributed by atoms with Gasteiger partial charge in [0, 0.05) is 22.5 Å². The van der Waals surface area contributed by atoms with Gasteiger partial charge in [-0.1, -0.05) is 44.7 Å². The van der Waals surface area contributed by atoms with Crippen LogP contribution in [0.5, 0.6) is 0 Å². The van der Waals surface area contributed by atoms with Crippen molar-refractivity contribution in [1.82, 2.24) is 9.55 Å². The van der Waals surface area contributed by atoms with E-state index in [-0.39, 0.29) is 16.4 Å². The Morgan fingerprint density at radius 1 is 1.15 bits per heavy atom. The van der Waals surface area contributed by atoms with Gasteiger partial charge in [0.25, 0.3) is 5.56 Å². The molecule has 0 atom stereocenters. The normalized spacial score (nSPS) is 15.7. The molecule has 5 heteroatoms. The van der Waals surface area contributed by atoms with Gasteiger partial charge < -0.3 is 0 Å². The molecule has 136 valence electrons. The predicted molar refractivity (Wildman–Crippen MR) is 108 cm³/mol. The van der Waals surface area contributed by atoms with E-state index in [9.17, 15) is 9.59 Å². The van der Waals surface area contributed by atoms with Gasteiger partial charge >= 0.3 is 0 Å². The van der Waals surface area contributed by atoms with Gasteiger partial charge in [0.15, 0.2) is 0 Å². The van der Waals surface area contributed by atoms with Crippen LogP contribution in [0.15, 0.2) is 33.9 Å². The molecule has 0 spiro atoms. The highest BCUT2D eigenvalue weighted by atomic mass is 32.1. The maximum absolute atomic E-state index is 13.3. The summed E-state index contributed by atoms with van der Waals surface area (Å²) in [6, 6.07) is 7.51. The first-order valence-corrected chi connectivity index (χ1v) is 10.5. The van der Waals surface area contributed by atoms with Crippen LogP contribution in [0.2, 0.25) is 0 Å². The fourth-order valence-electron chi connectivity index (χ4n) is 4.01. The molecule has 3 aromatic rings. The minimum atomic E-state index is -0.174. The van der Waals surface area contributed by atoms with Crippen LogP contribution in [0, 0.1) is 0 Å². The van der Waals surface area contributed by atoms with Gasteiger partial charge in [-0.25, -0.2) is 4.98 Å². The van der Waals surface area contributed by atoms with Crippen LogP contribution in [0.1, 0.15) is 63.6 Å². The fraction of sp³-hybridized carbons (Fsp3) is 0.476. The summed E-state index contributed by atoms with van der Waals surface area (Å²) < 4.78 is 2.71. The lowest BCUT2D eigenvalue weighted by molar-refractivity contribution is 0.407. The molecule has 0 aliphatic heterocycles. The van der Waals surface area contributed by atoms with E-state index in [1.54, 1.807) is 6.07 Å². The maximum Gasteiger partial charge on any atom is 0.266 e. The van der Waals surface area contributed by atoms with Crippen LogP contribution in [-0.2, 0) is 6.54 Å². The van der Waals surface area contributed by atoms with Crippen LogP contribution < -0.4 is 11.0 Å².